The molecule has 2 amide bonds. The number of hydrogen-bond donors (Lipinski definition) is 0. The Morgan fingerprint density at radius 3 is 2.19 bits per heavy atom. The molecule has 32 heavy (non-hydrogen) atoms. The van der Waals surface area contributed by atoms with E-state index in [1.165, 1.54) is 4.90 Å². The van der Waals surface area contributed by atoms with E-state index in [0.717, 1.165) is 18.4 Å². The van der Waals surface area contributed by atoms with Gasteiger partial charge in [0.1, 0.15) is 0 Å². The van der Waals surface area contributed by atoms with Gasteiger partial charge < -0.3 is 9.47 Å². The highest BCUT2D eigenvalue weighted by Crippen LogP contribution is 2.67. The van der Waals surface area contributed by atoms with Gasteiger partial charge in [-0.2, -0.15) is 0 Å². The Balaban J connectivity index is 1.56. The van der Waals surface area contributed by atoms with Crippen molar-refractivity contribution in [3.05, 3.63) is 42.0 Å². The van der Waals surface area contributed by atoms with Crippen molar-refractivity contribution < 1.29 is 28.7 Å². The smallest absolute Gasteiger partial charge is 0.323 e. The molecule has 1 aliphatic heterocycles. The zero-order valence-corrected chi connectivity index (χ0v) is 18.3. The van der Waals surface area contributed by atoms with Crippen LogP contribution in [0.2, 0.25) is 0 Å². The number of carbonyl (C=O) groups excluding carboxylic acids is 4. The number of amides is 2. The number of allylic oxidation sites excluding steroid dienone is 2. The van der Waals surface area contributed by atoms with Gasteiger partial charge in [0.05, 0.1) is 30.7 Å². The highest BCUT2D eigenvalue weighted by molar-refractivity contribution is 6.23. The molecule has 1 aromatic carbocycles. The monoisotopic (exact) mass is 437 g/mol. The quantitative estimate of drug-likeness (QED) is 0.304. The highest BCUT2D eigenvalue weighted by atomic mass is 16.6. The second kappa shape index (κ2) is 7.29. The molecule has 0 radical (unpaired) electrons. The van der Waals surface area contributed by atoms with Crippen LogP contribution in [-0.4, -0.2) is 37.0 Å². The first kappa shape index (κ1) is 20.9. The summed E-state index contributed by atoms with van der Waals surface area (Å²) >= 11 is 0. The molecule has 168 valence electrons. The van der Waals surface area contributed by atoms with Crippen LogP contribution in [0.3, 0.4) is 0 Å². The number of nitrogens with zero attached hydrogens (tertiary/aromatic N) is 1. The summed E-state index contributed by atoms with van der Waals surface area (Å²) < 4.78 is 10.6. The van der Waals surface area contributed by atoms with Crippen LogP contribution in [0.1, 0.15) is 39.5 Å². The van der Waals surface area contributed by atoms with Gasteiger partial charge >= 0.3 is 11.9 Å². The third kappa shape index (κ3) is 2.79. The number of para-hydroxylation sites is 1. The summed E-state index contributed by atoms with van der Waals surface area (Å²) in [5, 5.41) is 0. The van der Waals surface area contributed by atoms with Gasteiger partial charge in [-0.1, -0.05) is 29.8 Å². The van der Waals surface area contributed by atoms with E-state index in [1.807, 2.05) is 6.07 Å². The number of rotatable bonds is 5. The number of ether oxygens (including phenoxy) is 2. The van der Waals surface area contributed by atoms with E-state index in [2.05, 4.69) is 6.08 Å². The van der Waals surface area contributed by atoms with Gasteiger partial charge in [0, 0.05) is 5.41 Å². The standard InChI is InChI=1S/C25H27NO6/c1-3-31-22(29)25(23(30)32-4-2)13-15-12-24(10-11-24)19-18(17(15)14-25)20(27)26(21(19)28)16-8-6-5-7-9-16/h5-9,12,17-19H,3-4,10-11,13-14H2,1-2H3/t17-,18-,19+/m1/s1. The molecule has 1 aromatic rings. The zero-order chi connectivity index (χ0) is 22.7. The Bertz CT molecular complexity index is 1010. The van der Waals surface area contributed by atoms with E-state index in [-0.39, 0.29) is 49.2 Å². The van der Waals surface area contributed by atoms with E-state index < -0.39 is 29.2 Å². The summed E-state index contributed by atoms with van der Waals surface area (Å²) in [6, 6.07) is 8.97. The van der Waals surface area contributed by atoms with Crippen molar-refractivity contribution in [3.8, 4) is 0 Å². The van der Waals surface area contributed by atoms with Crippen molar-refractivity contribution >= 4 is 29.4 Å². The first-order chi connectivity index (χ1) is 15.4. The third-order valence-corrected chi connectivity index (χ3v) is 7.60. The maximum atomic E-state index is 13.7. The van der Waals surface area contributed by atoms with Crippen LogP contribution in [0, 0.1) is 28.6 Å². The number of fused-ring (bicyclic) bond motifs is 4. The lowest BCUT2D eigenvalue weighted by atomic mass is 9.67. The van der Waals surface area contributed by atoms with Crippen molar-refractivity contribution in [2.24, 2.45) is 28.6 Å². The predicted molar refractivity (Wildman–Crippen MR) is 114 cm³/mol. The van der Waals surface area contributed by atoms with E-state index in [4.69, 9.17) is 9.47 Å². The van der Waals surface area contributed by atoms with Crippen molar-refractivity contribution in [2.45, 2.75) is 39.5 Å². The molecule has 1 spiro atoms. The first-order valence-corrected chi connectivity index (χ1v) is 11.4. The van der Waals surface area contributed by atoms with Gasteiger partial charge in [-0.15, -0.1) is 0 Å². The Morgan fingerprint density at radius 2 is 1.62 bits per heavy atom. The zero-order valence-electron chi connectivity index (χ0n) is 18.3. The third-order valence-electron chi connectivity index (χ3n) is 7.60. The average Bonchev–Trinajstić information content (AvgIpc) is 3.33. The molecule has 7 heteroatoms. The molecule has 0 bridgehead atoms. The summed E-state index contributed by atoms with van der Waals surface area (Å²) in [4.78, 5) is 54.5. The molecule has 3 fully saturated rings. The molecule has 2 saturated carbocycles. The Labute approximate surface area is 186 Å². The van der Waals surface area contributed by atoms with Gasteiger partial charge in [0.25, 0.3) is 0 Å². The molecular formula is C25H27NO6. The minimum absolute atomic E-state index is 0.134. The Morgan fingerprint density at radius 1 is 1.00 bits per heavy atom. The summed E-state index contributed by atoms with van der Waals surface area (Å²) in [6.07, 6.45) is 4.08. The number of esters is 2. The van der Waals surface area contributed by atoms with Gasteiger partial charge in [-0.05, 0) is 57.6 Å². The van der Waals surface area contributed by atoms with Gasteiger partial charge in [0.2, 0.25) is 11.8 Å². The lowest BCUT2D eigenvalue weighted by molar-refractivity contribution is -0.172. The fourth-order valence-corrected chi connectivity index (χ4v) is 6.10. The van der Waals surface area contributed by atoms with Crippen LogP contribution in [0.25, 0.3) is 0 Å². The maximum Gasteiger partial charge on any atom is 0.323 e. The fraction of sp³-hybridized carbons (Fsp3) is 0.520. The fourth-order valence-electron chi connectivity index (χ4n) is 6.10. The van der Waals surface area contributed by atoms with Crippen LogP contribution in [0.4, 0.5) is 5.69 Å². The molecule has 0 unspecified atom stereocenters. The maximum absolute atomic E-state index is 13.7. The minimum Gasteiger partial charge on any atom is -0.465 e. The normalized spacial score (nSPS) is 28.8. The molecule has 0 N–H and O–H groups in total. The summed E-state index contributed by atoms with van der Waals surface area (Å²) in [5.41, 5.74) is -0.335. The molecule has 3 atom stereocenters. The first-order valence-electron chi connectivity index (χ1n) is 11.4. The van der Waals surface area contributed by atoms with E-state index in [9.17, 15) is 19.2 Å². The molecule has 4 aliphatic rings. The van der Waals surface area contributed by atoms with Gasteiger partial charge in [-0.3, -0.25) is 24.1 Å². The molecule has 1 heterocycles. The van der Waals surface area contributed by atoms with Crippen molar-refractivity contribution in [3.63, 3.8) is 0 Å². The summed E-state index contributed by atoms with van der Waals surface area (Å²) in [6.45, 7) is 3.70. The molecule has 0 aromatic heterocycles. The second-order valence-electron chi connectivity index (χ2n) is 9.31. The Hall–Kier alpha value is -2.96. The Kier molecular flexibility index (Phi) is 4.76. The van der Waals surface area contributed by atoms with Gasteiger partial charge in [-0.25, -0.2) is 0 Å². The SMILES string of the molecule is CCOC(=O)C1(C(=O)OCC)CC2=CC3(CC3)[C@@H]3C(=O)N(c4ccccc4)C(=O)[C@@H]3[C@@H]2C1. The van der Waals surface area contributed by atoms with Crippen molar-refractivity contribution in [1.82, 2.24) is 0 Å². The highest BCUT2D eigenvalue weighted by Gasteiger charge is 2.69. The average molecular weight is 437 g/mol. The van der Waals surface area contributed by atoms with Crippen LogP contribution in [0.5, 0.6) is 0 Å². The second-order valence-corrected chi connectivity index (χ2v) is 9.31. The van der Waals surface area contributed by atoms with Gasteiger partial charge in [0.15, 0.2) is 5.41 Å². The lowest BCUT2D eigenvalue weighted by Gasteiger charge is -2.33. The van der Waals surface area contributed by atoms with Crippen LogP contribution < -0.4 is 4.90 Å². The summed E-state index contributed by atoms with van der Waals surface area (Å²) in [7, 11) is 0. The van der Waals surface area contributed by atoms with E-state index in [1.54, 1.807) is 38.1 Å². The number of benzene rings is 1. The number of hydrogen-bond acceptors (Lipinski definition) is 6. The predicted octanol–water partition coefficient (Wildman–Crippen LogP) is 3.04. The van der Waals surface area contributed by atoms with E-state index >= 15 is 0 Å². The summed E-state index contributed by atoms with van der Waals surface area (Å²) in [5.74, 6) is -3.01. The van der Waals surface area contributed by atoms with Crippen LogP contribution in [-0.2, 0) is 28.7 Å². The molecule has 3 aliphatic carbocycles. The largest absolute Gasteiger partial charge is 0.465 e. The van der Waals surface area contributed by atoms with Crippen LogP contribution >= 0.6 is 0 Å². The molecule has 7 nitrogen and oxygen atoms in total. The van der Waals surface area contributed by atoms with Crippen molar-refractivity contribution in [1.29, 1.82) is 0 Å². The number of carbonyl (C=O) groups is 4. The minimum atomic E-state index is -1.46. The van der Waals surface area contributed by atoms with Crippen molar-refractivity contribution in [2.75, 3.05) is 18.1 Å². The van der Waals surface area contributed by atoms with E-state index in [0.29, 0.717) is 5.69 Å². The number of anilines is 1. The topological polar surface area (TPSA) is 90.0 Å². The molecule has 1 saturated heterocycles. The lowest BCUT2D eigenvalue weighted by Crippen LogP contribution is -2.41. The molecule has 5 rings (SSSR count). The number of imide groups is 1. The van der Waals surface area contributed by atoms with Crippen LogP contribution in [0.15, 0.2) is 42.0 Å². The molecular weight excluding hydrogens is 410 g/mol.